The molecule has 2 saturated heterocycles. The number of aryl methyl sites for hydroxylation is 2. The highest BCUT2D eigenvalue weighted by Crippen LogP contribution is 2.40. The largest absolute Gasteiger partial charge is 0.361 e. The van der Waals surface area contributed by atoms with E-state index in [1.807, 2.05) is 18.7 Å². The highest BCUT2D eigenvalue weighted by Gasteiger charge is 2.46. The molecule has 156 valence electrons. The number of carbonyl (C=O) groups excluding carboxylic acids is 1. The van der Waals surface area contributed by atoms with Crippen molar-refractivity contribution in [3.05, 3.63) is 52.4 Å². The van der Waals surface area contributed by atoms with E-state index in [9.17, 15) is 13.6 Å². The Morgan fingerprint density at radius 2 is 1.97 bits per heavy atom. The van der Waals surface area contributed by atoms with Crippen molar-refractivity contribution in [2.75, 3.05) is 13.1 Å². The third-order valence-electron chi connectivity index (χ3n) is 6.59. The lowest BCUT2D eigenvalue weighted by Gasteiger charge is -2.38. The fraction of sp³-hybridized carbons (Fsp3) is 0.545. The SMILES string of the molecule is Cc1noc(C)c1CN1C(=O)CC[C@]12CCCN(Cc1ccc(F)cc1F)CC2. The van der Waals surface area contributed by atoms with E-state index in [0.29, 0.717) is 25.1 Å². The molecule has 2 aliphatic heterocycles. The number of likely N-dealkylation sites (tertiary alicyclic amines) is 2. The van der Waals surface area contributed by atoms with Gasteiger partial charge in [-0.3, -0.25) is 9.69 Å². The molecule has 29 heavy (non-hydrogen) atoms. The summed E-state index contributed by atoms with van der Waals surface area (Å²) in [4.78, 5) is 17.0. The van der Waals surface area contributed by atoms with Crippen LogP contribution in [0, 0.1) is 25.5 Å². The Morgan fingerprint density at radius 3 is 2.69 bits per heavy atom. The molecular formula is C22H27F2N3O2. The fourth-order valence-corrected chi connectivity index (χ4v) is 4.82. The van der Waals surface area contributed by atoms with E-state index in [1.54, 1.807) is 0 Å². The maximum absolute atomic E-state index is 14.1. The molecule has 5 nitrogen and oxygen atoms in total. The summed E-state index contributed by atoms with van der Waals surface area (Å²) in [7, 11) is 0. The van der Waals surface area contributed by atoms with Crippen molar-refractivity contribution in [1.82, 2.24) is 15.0 Å². The van der Waals surface area contributed by atoms with Crippen molar-refractivity contribution in [1.29, 1.82) is 0 Å². The molecule has 2 aliphatic rings. The van der Waals surface area contributed by atoms with Gasteiger partial charge in [0, 0.05) is 42.2 Å². The second kappa shape index (κ2) is 7.86. The van der Waals surface area contributed by atoms with Crippen molar-refractivity contribution in [2.45, 2.75) is 64.6 Å². The predicted octanol–water partition coefficient (Wildman–Crippen LogP) is 4.12. The Kier molecular flexibility index (Phi) is 5.42. The summed E-state index contributed by atoms with van der Waals surface area (Å²) >= 11 is 0. The van der Waals surface area contributed by atoms with Crippen molar-refractivity contribution in [3.8, 4) is 0 Å². The van der Waals surface area contributed by atoms with Crippen LogP contribution < -0.4 is 0 Å². The zero-order valence-corrected chi connectivity index (χ0v) is 17.0. The van der Waals surface area contributed by atoms with Gasteiger partial charge in [0.15, 0.2) is 0 Å². The van der Waals surface area contributed by atoms with Gasteiger partial charge in [-0.15, -0.1) is 0 Å². The molecule has 7 heteroatoms. The number of aromatic nitrogens is 1. The first-order valence-electron chi connectivity index (χ1n) is 10.3. The molecule has 1 atom stereocenters. The third kappa shape index (κ3) is 3.92. The average Bonchev–Trinajstić information content (AvgIpc) is 3.06. The second-order valence-electron chi connectivity index (χ2n) is 8.37. The quantitative estimate of drug-likeness (QED) is 0.771. The van der Waals surface area contributed by atoms with Gasteiger partial charge in [-0.25, -0.2) is 8.78 Å². The monoisotopic (exact) mass is 403 g/mol. The Bertz CT molecular complexity index is 894. The van der Waals surface area contributed by atoms with Gasteiger partial charge in [0.25, 0.3) is 0 Å². The maximum Gasteiger partial charge on any atom is 0.223 e. The van der Waals surface area contributed by atoms with Crippen LogP contribution in [0.15, 0.2) is 22.7 Å². The molecule has 0 bridgehead atoms. The van der Waals surface area contributed by atoms with Crippen molar-refractivity contribution in [2.24, 2.45) is 0 Å². The highest BCUT2D eigenvalue weighted by atomic mass is 19.1. The smallest absolute Gasteiger partial charge is 0.223 e. The van der Waals surface area contributed by atoms with E-state index in [2.05, 4.69) is 10.1 Å². The molecule has 2 fully saturated rings. The molecule has 0 unspecified atom stereocenters. The highest BCUT2D eigenvalue weighted by molar-refractivity contribution is 5.79. The van der Waals surface area contributed by atoms with E-state index >= 15 is 0 Å². The van der Waals surface area contributed by atoms with E-state index in [-0.39, 0.29) is 11.4 Å². The minimum absolute atomic E-state index is 0.163. The lowest BCUT2D eigenvalue weighted by Crippen LogP contribution is -2.46. The Hall–Kier alpha value is -2.28. The van der Waals surface area contributed by atoms with Crippen LogP contribution in [-0.2, 0) is 17.9 Å². The maximum atomic E-state index is 14.1. The zero-order valence-electron chi connectivity index (χ0n) is 17.0. The molecule has 0 saturated carbocycles. The van der Waals surface area contributed by atoms with Gasteiger partial charge >= 0.3 is 0 Å². The molecule has 0 aliphatic carbocycles. The lowest BCUT2D eigenvalue weighted by atomic mass is 9.87. The van der Waals surface area contributed by atoms with Crippen LogP contribution >= 0.6 is 0 Å². The van der Waals surface area contributed by atoms with Crippen LogP contribution in [0.25, 0.3) is 0 Å². The van der Waals surface area contributed by atoms with Gasteiger partial charge in [0.1, 0.15) is 17.4 Å². The zero-order chi connectivity index (χ0) is 20.6. The number of hydrogen-bond donors (Lipinski definition) is 0. The number of carbonyl (C=O) groups is 1. The summed E-state index contributed by atoms with van der Waals surface area (Å²) in [6, 6.07) is 3.77. The van der Waals surface area contributed by atoms with E-state index < -0.39 is 11.6 Å². The van der Waals surface area contributed by atoms with Crippen LogP contribution in [0.5, 0.6) is 0 Å². The van der Waals surface area contributed by atoms with Crippen molar-refractivity contribution in [3.63, 3.8) is 0 Å². The van der Waals surface area contributed by atoms with Gasteiger partial charge in [0.2, 0.25) is 5.91 Å². The summed E-state index contributed by atoms with van der Waals surface area (Å²) in [5, 5.41) is 4.03. The van der Waals surface area contributed by atoms with Crippen molar-refractivity contribution < 1.29 is 18.1 Å². The lowest BCUT2D eigenvalue weighted by molar-refractivity contribution is -0.132. The Morgan fingerprint density at radius 1 is 1.14 bits per heavy atom. The fourth-order valence-electron chi connectivity index (χ4n) is 4.82. The average molecular weight is 403 g/mol. The minimum atomic E-state index is -0.555. The van der Waals surface area contributed by atoms with Crippen LogP contribution in [-0.4, -0.2) is 39.5 Å². The predicted molar refractivity (Wildman–Crippen MR) is 104 cm³/mol. The molecule has 2 aromatic rings. The Labute approximate surface area is 169 Å². The standard InChI is InChI=1S/C22H27F2N3O2/c1-15-19(16(2)29-25-15)14-27-21(28)6-8-22(27)7-3-10-26(11-9-22)13-17-4-5-18(23)12-20(17)24/h4-5,12H,3,6-11,13-14H2,1-2H3/t22-/m0/s1. The first-order valence-corrected chi connectivity index (χ1v) is 10.3. The second-order valence-corrected chi connectivity index (χ2v) is 8.37. The summed E-state index contributed by atoms with van der Waals surface area (Å²) in [6.07, 6.45) is 4.15. The van der Waals surface area contributed by atoms with E-state index in [1.165, 1.54) is 12.1 Å². The van der Waals surface area contributed by atoms with E-state index in [0.717, 1.165) is 61.9 Å². The van der Waals surface area contributed by atoms with Gasteiger partial charge in [-0.1, -0.05) is 11.2 Å². The molecule has 1 amide bonds. The summed E-state index contributed by atoms with van der Waals surface area (Å²) in [5.41, 5.74) is 2.18. The minimum Gasteiger partial charge on any atom is -0.361 e. The number of halogens is 2. The van der Waals surface area contributed by atoms with Crippen LogP contribution in [0.2, 0.25) is 0 Å². The number of hydrogen-bond acceptors (Lipinski definition) is 4. The molecule has 0 radical (unpaired) electrons. The molecule has 3 heterocycles. The van der Waals surface area contributed by atoms with Gasteiger partial charge < -0.3 is 9.42 Å². The van der Waals surface area contributed by atoms with Crippen molar-refractivity contribution >= 4 is 5.91 Å². The first kappa shape index (κ1) is 20.0. The number of nitrogens with zero attached hydrogens (tertiary/aromatic N) is 3. The summed E-state index contributed by atoms with van der Waals surface area (Å²) in [5.74, 6) is -0.108. The number of amides is 1. The van der Waals surface area contributed by atoms with Gasteiger partial charge in [-0.05, 0) is 52.1 Å². The first-order chi connectivity index (χ1) is 13.9. The summed E-state index contributed by atoms with van der Waals surface area (Å²) in [6.45, 7) is 6.40. The van der Waals surface area contributed by atoms with E-state index in [4.69, 9.17) is 4.52 Å². The molecule has 1 aromatic heterocycles. The Balaban J connectivity index is 1.49. The molecule has 1 spiro atoms. The third-order valence-corrected chi connectivity index (χ3v) is 6.59. The molecule has 4 rings (SSSR count). The number of rotatable bonds is 4. The van der Waals surface area contributed by atoms with Crippen LogP contribution in [0.3, 0.4) is 0 Å². The normalized spacial score (nSPS) is 23.2. The van der Waals surface area contributed by atoms with Crippen LogP contribution in [0.1, 0.15) is 54.7 Å². The van der Waals surface area contributed by atoms with Crippen LogP contribution in [0.4, 0.5) is 8.78 Å². The number of benzene rings is 1. The molecule has 1 aromatic carbocycles. The van der Waals surface area contributed by atoms with Gasteiger partial charge in [-0.2, -0.15) is 0 Å². The molecular weight excluding hydrogens is 376 g/mol. The topological polar surface area (TPSA) is 49.6 Å². The molecule has 0 N–H and O–H groups in total. The summed E-state index contributed by atoms with van der Waals surface area (Å²) < 4.78 is 32.5. The van der Waals surface area contributed by atoms with Gasteiger partial charge in [0.05, 0.1) is 12.2 Å².